The maximum atomic E-state index is 6.87. The molecule has 0 aliphatic rings. The van der Waals surface area contributed by atoms with Gasteiger partial charge in [-0.25, -0.2) is 0 Å². The van der Waals surface area contributed by atoms with Gasteiger partial charge in [0, 0.05) is 13.2 Å². The summed E-state index contributed by atoms with van der Waals surface area (Å²) in [7, 11) is 0. The van der Waals surface area contributed by atoms with E-state index in [1.165, 1.54) is 0 Å². The fraction of sp³-hybridized carbons (Fsp3) is 0.357. The Morgan fingerprint density at radius 1 is 0.613 bits per heavy atom. The lowest BCUT2D eigenvalue weighted by atomic mass is 9.80. The minimum Gasteiger partial charge on any atom is -0.379 e. The van der Waals surface area contributed by atoms with Crippen molar-refractivity contribution < 1.29 is 14.2 Å². The SMILES string of the molecule is CCCOC[C@H](COC(c1ccccc1)(c1ccccc1)c1ccccc1)OCCC. The van der Waals surface area contributed by atoms with Gasteiger partial charge in [0.1, 0.15) is 11.7 Å². The van der Waals surface area contributed by atoms with Gasteiger partial charge in [0.15, 0.2) is 0 Å². The molecule has 0 bridgehead atoms. The van der Waals surface area contributed by atoms with E-state index >= 15 is 0 Å². The number of rotatable bonds is 13. The average molecular weight is 419 g/mol. The highest BCUT2D eigenvalue weighted by Gasteiger charge is 2.38. The summed E-state index contributed by atoms with van der Waals surface area (Å²) < 4.78 is 18.8. The zero-order chi connectivity index (χ0) is 21.8. The summed E-state index contributed by atoms with van der Waals surface area (Å²) in [6, 6.07) is 31.3. The monoisotopic (exact) mass is 418 g/mol. The lowest BCUT2D eigenvalue weighted by Crippen LogP contribution is -2.37. The largest absolute Gasteiger partial charge is 0.379 e. The van der Waals surface area contributed by atoms with Crippen molar-refractivity contribution in [2.24, 2.45) is 0 Å². The van der Waals surface area contributed by atoms with Gasteiger partial charge in [-0.05, 0) is 29.5 Å². The number of benzene rings is 3. The Bertz CT molecular complexity index is 753. The molecule has 3 nitrogen and oxygen atoms in total. The third kappa shape index (κ3) is 6.04. The molecule has 0 unspecified atom stereocenters. The summed E-state index contributed by atoms with van der Waals surface area (Å²) >= 11 is 0. The van der Waals surface area contributed by atoms with Crippen LogP contribution in [0.15, 0.2) is 91.0 Å². The van der Waals surface area contributed by atoms with Gasteiger partial charge >= 0.3 is 0 Å². The van der Waals surface area contributed by atoms with Gasteiger partial charge in [0.25, 0.3) is 0 Å². The van der Waals surface area contributed by atoms with E-state index in [4.69, 9.17) is 14.2 Å². The van der Waals surface area contributed by atoms with E-state index in [1.54, 1.807) is 0 Å². The van der Waals surface area contributed by atoms with Crippen LogP contribution in [0.4, 0.5) is 0 Å². The van der Waals surface area contributed by atoms with Gasteiger partial charge < -0.3 is 14.2 Å². The van der Waals surface area contributed by atoms with Crippen LogP contribution in [0.1, 0.15) is 43.4 Å². The second kappa shape index (κ2) is 12.4. The molecule has 0 saturated carbocycles. The van der Waals surface area contributed by atoms with E-state index in [2.05, 4.69) is 86.6 Å². The molecule has 164 valence electrons. The minimum absolute atomic E-state index is 0.123. The predicted molar refractivity (Wildman–Crippen MR) is 126 cm³/mol. The fourth-order valence-corrected chi connectivity index (χ4v) is 3.77. The molecule has 0 aliphatic heterocycles. The summed E-state index contributed by atoms with van der Waals surface area (Å²) in [4.78, 5) is 0. The first-order chi connectivity index (χ1) is 15.3. The quantitative estimate of drug-likeness (QED) is 0.244. The van der Waals surface area contributed by atoms with E-state index < -0.39 is 5.60 Å². The van der Waals surface area contributed by atoms with E-state index in [1.807, 2.05) is 18.2 Å². The van der Waals surface area contributed by atoms with Crippen LogP contribution in [-0.4, -0.2) is 32.5 Å². The fourth-order valence-electron chi connectivity index (χ4n) is 3.77. The molecule has 3 aromatic carbocycles. The molecule has 3 heteroatoms. The van der Waals surface area contributed by atoms with Gasteiger partial charge in [0.05, 0.1) is 13.2 Å². The van der Waals surface area contributed by atoms with Crippen LogP contribution in [0.25, 0.3) is 0 Å². The molecule has 0 heterocycles. The van der Waals surface area contributed by atoms with Gasteiger partial charge in [-0.15, -0.1) is 0 Å². The third-order valence-corrected chi connectivity index (χ3v) is 5.24. The van der Waals surface area contributed by atoms with E-state index in [-0.39, 0.29) is 6.10 Å². The molecule has 0 spiro atoms. The molecule has 1 atom stereocenters. The van der Waals surface area contributed by atoms with Crippen LogP contribution in [0.2, 0.25) is 0 Å². The zero-order valence-corrected chi connectivity index (χ0v) is 18.7. The molecular formula is C28H34O3. The highest BCUT2D eigenvalue weighted by atomic mass is 16.6. The van der Waals surface area contributed by atoms with Crippen LogP contribution < -0.4 is 0 Å². The molecular weight excluding hydrogens is 384 g/mol. The van der Waals surface area contributed by atoms with E-state index in [9.17, 15) is 0 Å². The van der Waals surface area contributed by atoms with Crippen LogP contribution in [-0.2, 0) is 19.8 Å². The highest BCUT2D eigenvalue weighted by molar-refractivity contribution is 5.47. The maximum absolute atomic E-state index is 6.87. The summed E-state index contributed by atoms with van der Waals surface area (Å²) in [5, 5.41) is 0. The van der Waals surface area contributed by atoms with Crippen molar-refractivity contribution >= 4 is 0 Å². The molecule has 31 heavy (non-hydrogen) atoms. The van der Waals surface area contributed by atoms with Crippen LogP contribution in [0.3, 0.4) is 0 Å². The first-order valence-corrected chi connectivity index (χ1v) is 11.3. The van der Waals surface area contributed by atoms with E-state index in [0.717, 1.165) is 36.1 Å². The Kier molecular flexibility index (Phi) is 9.29. The number of ether oxygens (including phenoxy) is 3. The Labute approximate surface area is 187 Å². The Balaban J connectivity index is 2.00. The molecule has 0 saturated heterocycles. The number of hydrogen-bond donors (Lipinski definition) is 0. The van der Waals surface area contributed by atoms with Crippen molar-refractivity contribution in [1.29, 1.82) is 0 Å². The standard InChI is InChI=1S/C28H34O3/c1-3-20-29-22-27(30-21-4-2)23-31-28(24-14-8-5-9-15-24,25-16-10-6-11-17-25)26-18-12-7-13-19-26/h5-19,27H,3-4,20-23H2,1-2H3/t27-/m1/s1. The van der Waals surface area contributed by atoms with Crippen molar-refractivity contribution in [3.05, 3.63) is 108 Å². The first-order valence-electron chi connectivity index (χ1n) is 11.3. The third-order valence-electron chi connectivity index (χ3n) is 5.24. The van der Waals surface area contributed by atoms with Gasteiger partial charge in [-0.3, -0.25) is 0 Å². The lowest BCUT2D eigenvalue weighted by Gasteiger charge is -2.37. The van der Waals surface area contributed by atoms with Gasteiger partial charge in [0.2, 0.25) is 0 Å². The first kappa shape index (κ1) is 23.2. The van der Waals surface area contributed by atoms with Crippen LogP contribution in [0, 0.1) is 0 Å². The summed E-state index contributed by atoms with van der Waals surface area (Å²) in [6.07, 6.45) is 1.83. The van der Waals surface area contributed by atoms with Gasteiger partial charge in [-0.1, -0.05) is 105 Å². The Morgan fingerprint density at radius 2 is 1.06 bits per heavy atom. The maximum Gasteiger partial charge on any atom is 0.143 e. The van der Waals surface area contributed by atoms with Crippen molar-refractivity contribution in [1.82, 2.24) is 0 Å². The van der Waals surface area contributed by atoms with E-state index in [0.29, 0.717) is 19.8 Å². The topological polar surface area (TPSA) is 27.7 Å². The molecule has 0 aromatic heterocycles. The highest BCUT2D eigenvalue weighted by Crippen LogP contribution is 2.40. The Hall–Kier alpha value is -2.46. The molecule has 0 aliphatic carbocycles. The molecule has 0 amide bonds. The van der Waals surface area contributed by atoms with Crippen molar-refractivity contribution in [3.63, 3.8) is 0 Å². The second-order valence-corrected chi connectivity index (χ2v) is 7.66. The lowest BCUT2D eigenvalue weighted by molar-refractivity contribution is -0.0913. The molecule has 0 fully saturated rings. The molecule has 3 rings (SSSR count). The van der Waals surface area contributed by atoms with Gasteiger partial charge in [-0.2, -0.15) is 0 Å². The normalized spacial score (nSPS) is 12.6. The average Bonchev–Trinajstić information content (AvgIpc) is 2.84. The smallest absolute Gasteiger partial charge is 0.143 e. The predicted octanol–water partition coefficient (Wildman–Crippen LogP) is 6.22. The zero-order valence-electron chi connectivity index (χ0n) is 18.7. The molecule has 0 N–H and O–H groups in total. The molecule has 0 radical (unpaired) electrons. The molecule has 3 aromatic rings. The van der Waals surface area contributed by atoms with Crippen molar-refractivity contribution in [2.45, 2.75) is 38.4 Å². The second-order valence-electron chi connectivity index (χ2n) is 7.66. The van der Waals surface area contributed by atoms with Crippen molar-refractivity contribution in [2.75, 3.05) is 26.4 Å². The van der Waals surface area contributed by atoms with Crippen molar-refractivity contribution in [3.8, 4) is 0 Å². The Morgan fingerprint density at radius 3 is 1.48 bits per heavy atom. The summed E-state index contributed by atoms with van der Waals surface area (Å²) in [5.41, 5.74) is 2.55. The minimum atomic E-state index is -0.734. The summed E-state index contributed by atoms with van der Waals surface area (Å²) in [6.45, 7) is 6.62. The van der Waals surface area contributed by atoms with Crippen LogP contribution >= 0.6 is 0 Å². The number of hydrogen-bond acceptors (Lipinski definition) is 3. The van der Waals surface area contributed by atoms with Crippen LogP contribution in [0.5, 0.6) is 0 Å². The summed E-state index contributed by atoms with van der Waals surface area (Å²) in [5.74, 6) is 0.